The fourth-order valence-electron chi connectivity index (χ4n) is 2.06. The van der Waals surface area contributed by atoms with E-state index in [1.165, 1.54) is 0 Å². The van der Waals surface area contributed by atoms with Gasteiger partial charge in [-0.3, -0.25) is 0 Å². The third-order valence-electron chi connectivity index (χ3n) is 3.38. The summed E-state index contributed by atoms with van der Waals surface area (Å²) in [6, 6.07) is 41.5. The molecule has 0 N–H and O–H groups in total. The molecule has 0 fully saturated rings. The second kappa shape index (κ2) is 50.7. The maximum Gasteiger partial charge on any atom is 0.184 e. The van der Waals surface area contributed by atoms with Crippen LogP contribution in [0.3, 0.4) is 0 Å². The maximum absolute atomic E-state index is 12.0. The molecule has 0 atom stereocenters. The van der Waals surface area contributed by atoms with E-state index in [1.54, 1.807) is 83.0 Å². The number of methoxy groups -OCH3 is 2. The average molecular weight is 747 g/mol. The summed E-state index contributed by atoms with van der Waals surface area (Å²) in [5.41, 5.74) is 0.500. The minimum atomic E-state index is -3.36. The molecule has 0 aliphatic heterocycles. The van der Waals surface area contributed by atoms with E-state index in [9.17, 15) is 8.42 Å². The van der Waals surface area contributed by atoms with E-state index in [1.807, 2.05) is 128 Å². The van der Waals surface area contributed by atoms with E-state index in [0.717, 1.165) is 0 Å². The number of hydrogen-bond donors (Lipinski definition) is 0. The zero-order valence-electron chi connectivity index (χ0n) is 32.7. The monoisotopic (exact) mass is 746 g/mol. The molecule has 0 saturated heterocycles. The van der Waals surface area contributed by atoms with Crippen LogP contribution in [0, 0.1) is 11.5 Å². The van der Waals surface area contributed by atoms with Crippen LogP contribution in [-0.2, 0) is 52.0 Å². The molecule has 0 heterocycles. The predicted octanol–water partition coefficient (Wildman–Crippen LogP) is 12.4. The summed E-state index contributed by atoms with van der Waals surface area (Å²) in [6.45, 7) is 24.8. The molecule has 0 aliphatic rings. The zero-order chi connectivity index (χ0) is 37.1. The van der Waals surface area contributed by atoms with Crippen LogP contribution in [0.1, 0.15) is 83.1 Å². The van der Waals surface area contributed by atoms with Crippen LogP contribution >= 0.6 is 0 Å². The van der Waals surface area contributed by atoms with Gasteiger partial charge in [0.2, 0.25) is 0 Å². The van der Waals surface area contributed by atoms with Crippen LogP contribution in [0.2, 0.25) is 0 Å². The summed E-state index contributed by atoms with van der Waals surface area (Å²) >= 11 is 0. The maximum atomic E-state index is 12.0. The third-order valence-corrected chi connectivity index (χ3v) is 5.17. The average Bonchev–Trinajstić information content (AvgIpc) is 3.11. The summed E-state index contributed by atoms with van der Waals surface area (Å²) in [7, 11) is 3.14. The summed E-state index contributed by atoms with van der Waals surface area (Å²) in [6.07, 6.45) is 0. The van der Waals surface area contributed by atoms with Gasteiger partial charge in [-0.2, -0.15) is 30.3 Å². The molecule has 47 heavy (non-hydrogen) atoms. The molecule has 6 heteroatoms. The molecule has 0 saturated carbocycles. The van der Waals surface area contributed by atoms with Crippen LogP contribution in [0.25, 0.3) is 0 Å². The topological polar surface area (TPSA) is 52.6 Å². The molecule has 0 amide bonds. The van der Waals surface area contributed by atoms with Crippen molar-refractivity contribution < 1.29 is 50.6 Å². The van der Waals surface area contributed by atoms with E-state index in [4.69, 9.17) is 0 Å². The van der Waals surface area contributed by atoms with Gasteiger partial charge in [0.05, 0.1) is 4.90 Å². The molecule has 1 radical (unpaired) electrons. The van der Waals surface area contributed by atoms with Gasteiger partial charge >= 0.3 is 0 Å². The van der Waals surface area contributed by atoms with Crippen molar-refractivity contribution in [1.82, 2.24) is 0 Å². The van der Waals surface area contributed by atoms with Gasteiger partial charge in [0.1, 0.15) is 0 Å². The zero-order valence-corrected chi connectivity index (χ0v) is 36.4. The summed E-state index contributed by atoms with van der Waals surface area (Å²) < 4.78 is 32.5. The molecular formula is C41H69O4SY-. The van der Waals surface area contributed by atoms with Crippen LogP contribution in [0.5, 0.6) is 0 Å². The number of benzene rings is 4. The fraction of sp³-hybridized carbons (Fsp3) is 0.415. The van der Waals surface area contributed by atoms with E-state index in [2.05, 4.69) is 43.2 Å². The summed E-state index contributed by atoms with van der Waals surface area (Å²) in [5.74, 6) is 0. The Morgan fingerprint density at radius 3 is 0.830 bits per heavy atom. The van der Waals surface area contributed by atoms with Crippen molar-refractivity contribution >= 4 is 9.84 Å². The van der Waals surface area contributed by atoms with Crippen molar-refractivity contribution in [3.05, 3.63) is 133 Å². The van der Waals surface area contributed by atoms with Gasteiger partial charge in [-0.05, 0) is 22.4 Å². The van der Waals surface area contributed by atoms with Crippen LogP contribution in [-0.4, -0.2) is 36.9 Å². The van der Waals surface area contributed by atoms with Gasteiger partial charge in [-0.25, -0.2) is 8.42 Å². The predicted molar refractivity (Wildman–Crippen MR) is 206 cm³/mol. The molecule has 4 aromatic carbocycles. The quantitative estimate of drug-likeness (QED) is 0.192. The first kappa shape index (κ1) is 60.2. The Kier molecular flexibility index (Phi) is 64.9. The third kappa shape index (κ3) is 53.6. The largest absolute Gasteiger partial charge is 0.388 e. The van der Waals surface area contributed by atoms with Crippen molar-refractivity contribution in [2.24, 2.45) is 5.41 Å². The van der Waals surface area contributed by atoms with E-state index in [-0.39, 0.29) is 32.7 Å². The van der Waals surface area contributed by atoms with Crippen LogP contribution in [0.15, 0.2) is 137 Å². The van der Waals surface area contributed by atoms with Crippen LogP contribution in [0.4, 0.5) is 0 Å². The van der Waals surface area contributed by atoms with Crippen molar-refractivity contribution in [3.63, 3.8) is 0 Å². The molecule has 0 unspecified atom stereocenters. The SMILES string of the molecule is CC.CC.CC.CC.CC(C)(C)C.COC.COC.O=S(=O)(c1cc[c-]cc1)c1ccccc1.[Y].c1ccccc1.c1ccccc1. The number of ether oxygens (including phenoxy) is 2. The van der Waals surface area contributed by atoms with Gasteiger partial charge in [0, 0.05) is 61.1 Å². The molecule has 0 aliphatic carbocycles. The Hall–Kier alpha value is -2.15. The van der Waals surface area contributed by atoms with E-state index < -0.39 is 9.84 Å². The molecule has 0 bridgehead atoms. The van der Waals surface area contributed by atoms with Crippen molar-refractivity contribution in [2.75, 3.05) is 28.4 Å². The molecule has 4 aromatic rings. The Labute approximate surface area is 318 Å². The minimum Gasteiger partial charge on any atom is -0.388 e. The molecule has 0 spiro atoms. The minimum absolute atomic E-state index is 0. The van der Waals surface area contributed by atoms with Crippen molar-refractivity contribution in [3.8, 4) is 0 Å². The van der Waals surface area contributed by atoms with Crippen LogP contribution < -0.4 is 0 Å². The normalized spacial score (nSPS) is 8.17. The second-order valence-electron chi connectivity index (χ2n) is 9.18. The summed E-state index contributed by atoms with van der Waals surface area (Å²) in [4.78, 5) is 0.614. The second-order valence-corrected chi connectivity index (χ2v) is 11.1. The number of rotatable bonds is 2. The number of sulfone groups is 1. The first-order valence-electron chi connectivity index (χ1n) is 16.1. The number of hydrogen-bond acceptors (Lipinski definition) is 4. The molecule has 4 rings (SSSR count). The molecular weight excluding hydrogens is 677 g/mol. The Balaban J connectivity index is -0.0000000854. The first-order chi connectivity index (χ1) is 22.0. The first-order valence-corrected chi connectivity index (χ1v) is 17.6. The van der Waals surface area contributed by atoms with Gasteiger partial charge in [-0.15, -0.1) is 0 Å². The smallest absolute Gasteiger partial charge is 0.184 e. The van der Waals surface area contributed by atoms with Gasteiger partial charge < -0.3 is 9.47 Å². The van der Waals surface area contributed by atoms with Gasteiger partial charge in [0.15, 0.2) is 9.84 Å². The Bertz CT molecular complexity index is 949. The molecule has 267 valence electrons. The van der Waals surface area contributed by atoms with Crippen molar-refractivity contribution in [1.29, 1.82) is 0 Å². The Morgan fingerprint density at radius 2 is 0.617 bits per heavy atom. The van der Waals surface area contributed by atoms with E-state index >= 15 is 0 Å². The summed E-state index contributed by atoms with van der Waals surface area (Å²) in [5, 5.41) is 0. The standard InChI is InChI=1S/C12H9O2S.2C6H6.C5H12.2C2H6O.4C2H6.Y/c13-15(14,11-7-3-1-4-8-11)12-9-5-2-6-10-12;2*1-2-4-6-5-3-1;1-5(2,3)4;2*1-3-2;4*1-2;/h1,3-10H;2*1-6H;1-4H3;2*1-2H3;4*1-2H3;/q-1;;;;;;;;;;. The van der Waals surface area contributed by atoms with Gasteiger partial charge in [-0.1, -0.05) is 174 Å². The fourth-order valence-corrected chi connectivity index (χ4v) is 3.34. The molecule has 0 aromatic heterocycles. The molecule has 4 nitrogen and oxygen atoms in total. The van der Waals surface area contributed by atoms with Crippen molar-refractivity contribution in [2.45, 2.75) is 92.9 Å². The Morgan fingerprint density at radius 1 is 0.447 bits per heavy atom. The van der Waals surface area contributed by atoms with E-state index in [0.29, 0.717) is 15.2 Å². The van der Waals surface area contributed by atoms with Gasteiger partial charge in [0.25, 0.3) is 0 Å².